The molecule has 1 aliphatic rings. The summed E-state index contributed by atoms with van der Waals surface area (Å²) in [5.41, 5.74) is 0. The van der Waals surface area contributed by atoms with E-state index in [0.29, 0.717) is 25.7 Å². The predicted molar refractivity (Wildman–Crippen MR) is 58.7 cm³/mol. The topological polar surface area (TPSA) is 52.9 Å². The van der Waals surface area contributed by atoms with E-state index in [1.807, 2.05) is 6.92 Å². The zero-order valence-corrected chi connectivity index (χ0v) is 9.56. The number of ether oxygens (including phenoxy) is 1. The van der Waals surface area contributed by atoms with Crippen molar-refractivity contribution in [1.29, 1.82) is 0 Å². The maximum absolute atomic E-state index is 9.64. The Morgan fingerprint density at radius 2 is 2.33 bits per heavy atom. The van der Waals surface area contributed by atoms with Crippen molar-refractivity contribution >= 4 is 0 Å². The zero-order chi connectivity index (χ0) is 11.1. The Kier molecular flexibility index (Phi) is 6.17. The number of β-amino-alcohol motifs (C(OH)–C–C–N with tert-alkyl or cyclic N) is 1. The van der Waals surface area contributed by atoms with E-state index in [1.165, 1.54) is 0 Å². The van der Waals surface area contributed by atoms with Crippen LogP contribution in [0.3, 0.4) is 0 Å². The SMILES string of the molecule is CCOCC(O)CN1CCC(CCO)C1. The third kappa shape index (κ3) is 4.93. The van der Waals surface area contributed by atoms with Crippen LogP contribution in [0.25, 0.3) is 0 Å². The molecule has 0 bridgehead atoms. The summed E-state index contributed by atoms with van der Waals surface area (Å²) in [7, 11) is 0. The molecular formula is C11H23NO3. The monoisotopic (exact) mass is 217 g/mol. The highest BCUT2D eigenvalue weighted by Crippen LogP contribution is 2.18. The molecular weight excluding hydrogens is 194 g/mol. The third-order valence-electron chi connectivity index (χ3n) is 2.89. The summed E-state index contributed by atoms with van der Waals surface area (Å²) in [4.78, 5) is 2.25. The van der Waals surface area contributed by atoms with Gasteiger partial charge < -0.3 is 19.8 Å². The molecule has 4 heteroatoms. The van der Waals surface area contributed by atoms with Crippen molar-refractivity contribution in [1.82, 2.24) is 4.90 Å². The van der Waals surface area contributed by atoms with Crippen LogP contribution < -0.4 is 0 Å². The van der Waals surface area contributed by atoms with Gasteiger partial charge in [-0.3, -0.25) is 0 Å². The van der Waals surface area contributed by atoms with Gasteiger partial charge >= 0.3 is 0 Å². The number of hydrogen-bond donors (Lipinski definition) is 2. The lowest BCUT2D eigenvalue weighted by Crippen LogP contribution is -2.33. The van der Waals surface area contributed by atoms with Gasteiger partial charge in [0, 0.05) is 26.3 Å². The minimum absolute atomic E-state index is 0.278. The van der Waals surface area contributed by atoms with Gasteiger partial charge in [-0.15, -0.1) is 0 Å². The molecule has 4 nitrogen and oxygen atoms in total. The van der Waals surface area contributed by atoms with Gasteiger partial charge in [-0.1, -0.05) is 0 Å². The van der Waals surface area contributed by atoms with Gasteiger partial charge in [0.05, 0.1) is 12.7 Å². The first-order valence-electron chi connectivity index (χ1n) is 5.85. The largest absolute Gasteiger partial charge is 0.396 e. The maximum Gasteiger partial charge on any atom is 0.0900 e. The molecule has 0 saturated carbocycles. The van der Waals surface area contributed by atoms with Gasteiger partial charge in [-0.25, -0.2) is 0 Å². The van der Waals surface area contributed by atoms with E-state index >= 15 is 0 Å². The quantitative estimate of drug-likeness (QED) is 0.634. The summed E-state index contributed by atoms with van der Waals surface area (Å²) in [5, 5.41) is 18.5. The van der Waals surface area contributed by atoms with E-state index in [4.69, 9.17) is 9.84 Å². The molecule has 15 heavy (non-hydrogen) atoms. The molecule has 0 aromatic carbocycles. The normalized spacial score (nSPS) is 24.6. The van der Waals surface area contributed by atoms with Crippen LogP contribution in [0, 0.1) is 5.92 Å². The van der Waals surface area contributed by atoms with Crippen molar-refractivity contribution < 1.29 is 14.9 Å². The van der Waals surface area contributed by atoms with Crippen LogP contribution in [0.2, 0.25) is 0 Å². The average molecular weight is 217 g/mol. The van der Waals surface area contributed by atoms with E-state index in [1.54, 1.807) is 0 Å². The van der Waals surface area contributed by atoms with Crippen molar-refractivity contribution in [2.75, 3.05) is 39.5 Å². The molecule has 2 N–H and O–H groups in total. The number of nitrogens with zero attached hydrogens (tertiary/aromatic N) is 1. The standard InChI is InChI=1S/C11H23NO3/c1-2-15-9-11(14)8-12-5-3-10(7-12)4-6-13/h10-11,13-14H,2-9H2,1H3. The Hall–Kier alpha value is -0.160. The Balaban J connectivity index is 2.12. The molecule has 0 aliphatic carbocycles. The summed E-state index contributed by atoms with van der Waals surface area (Å²) in [6.45, 7) is 6.03. The highest BCUT2D eigenvalue weighted by molar-refractivity contribution is 4.77. The number of aliphatic hydroxyl groups is 2. The molecule has 1 heterocycles. The molecule has 0 amide bonds. The Bertz CT molecular complexity index is 166. The lowest BCUT2D eigenvalue weighted by Gasteiger charge is -2.19. The Morgan fingerprint density at radius 3 is 3.00 bits per heavy atom. The van der Waals surface area contributed by atoms with Crippen molar-refractivity contribution in [3.63, 3.8) is 0 Å². The Morgan fingerprint density at radius 1 is 1.53 bits per heavy atom. The van der Waals surface area contributed by atoms with Crippen LogP contribution in [0.15, 0.2) is 0 Å². The highest BCUT2D eigenvalue weighted by Gasteiger charge is 2.23. The first-order valence-corrected chi connectivity index (χ1v) is 5.85. The lowest BCUT2D eigenvalue weighted by atomic mass is 10.1. The average Bonchev–Trinajstić information content (AvgIpc) is 2.63. The number of likely N-dealkylation sites (tertiary alicyclic amines) is 1. The van der Waals surface area contributed by atoms with E-state index in [2.05, 4.69) is 4.90 Å². The molecule has 1 fully saturated rings. The van der Waals surface area contributed by atoms with E-state index in [-0.39, 0.29) is 12.7 Å². The molecule has 90 valence electrons. The van der Waals surface area contributed by atoms with Gasteiger partial charge in [0.15, 0.2) is 0 Å². The van der Waals surface area contributed by atoms with Gasteiger partial charge in [0.2, 0.25) is 0 Å². The van der Waals surface area contributed by atoms with E-state index in [9.17, 15) is 5.11 Å². The second kappa shape index (κ2) is 7.17. The van der Waals surface area contributed by atoms with E-state index < -0.39 is 0 Å². The Labute approximate surface area is 91.8 Å². The first-order chi connectivity index (χ1) is 7.26. The molecule has 1 saturated heterocycles. The number of aliphatic hydroxyl groups excluding tert-OH is 2. The summed E-state index contributed by atoms with van der Waals surface area (Å²) in [5.74, 6) is 0.606. The predicted octanol–water partition coefficient (Wildman–Crippen LogP) is 0.0881. The lowest BCUT2D eigenvalue weighted by molar-refractivity contribution is 0.0245. The van der Waals surface area contributed by atoms with E-state index in [0.717, 1.165) is 25.9 Å². The van der Waals surface area contributed by atoms with Gasteiger partial charge in [0.25, 0.3) is 0 Å². The zero-order valence-electron chi connectivity index (χ0n) is 9.56. The molecule has 0 aromatic rings. The maximum atomic E-state index is 9.64. The second-order valence-corrected chi connectivity index (χ2v) is 4.24. The summed E-state index contributed by atoms with van der Waals surface area (Å²) in [6.07, 6.45) is 1.65. The molecule has 2 unspecified atom stereocenters. The fourth-order valence-electron chi connectivity index (χ4n) is 2.10. The minimum Gasteiger partial charge on any atom is -0.396 e. The van der Waals surface area contributed by atoms with Crippen molar-refractivity contribution in [3.8, 4) is 0 Å². The van der Waals surface area contributed by atoms with Crippen molar-refractivity contribution in [3.05, 3.63) is 0 Å². The van der Waals surface area contributed by atoms with Crippen molar-refractivity contribution in [2.24, 2.45) is 5.92 Å². The van der Waals surface area contributed by atoms with Crippen LogP contribution in [0.1, 0.15) is 19.8 Å². The van der Waals surface area contributed by atoms with Crippen LogP contribution >= 0.6 is 0 Å². The van der Waals surface area contributed by atoms with Crippen LogP contribution in [0.4, 0.5) is 0 Å². The summed E-state index contributed by atoms with van der Waals surface area (Å²) < 4.78 is 5.16. The third-order valence-corrected chi connectivity index (χ3v) is 2.89. The molecule has 0 spiro atoms. The molecule has 2 atom stereocenters. The van der Waals surface area contributed by atoms with Gasteiger partial charge in [-0.2, -0.15) is 0 Å². The fourth-order valence-corrected chi connectivity index (χ4v) is 2.10. The van der Waals surface area contributed by atoms with Gasteiger partial charge in [-0.05, 0) is 32.2 Å². The number of rotatable bonds is 7. The summed E-state index contributed by atoms with van der Waals surface area (Å²) >= 11 is 0. The van der Waals surface area contributed by atoms with Crippen LogP contribution in [-0.2, 0) is 4.74 Å². The van der Waals surface area contributed by atoms with Crippen molar-refractivity contribution in [2.45, 2.75) is 25.9 Å². The van der Waals surface area contributed by atoms with Crippen LogP contribution in [0.5, 0.6) is 0 Å². The molecule has 0 radical (unpaired) electrons. The molecule has 1 aliphatic heterocycles. The molecule has 1 rings (SSSR count). The molecule has 0 aromatic heterocycles. The van der Waals surface area contributed by atoms with Crippen LogP contribution in [-0.4, -0.2) is 60.7 Å². The minimum atomic E-state index is -0.377. The fraction of sp³-hybridized carbons (Fsp3) is 1.00. The first kappa shape index (κ1) is 12.9. The smallest absolute Gasteiger partial charge is 0.0900 e. The second-order valence-electron chi connectivity index (χ2n) is 4.24. The number of hydrogen-bond acceptors (Lipinski definition) is 4. The highest BCUT2D eigenvalue weighted by atomic mass is 16.5. The summed E-state index contributed by atoms with van der Waals surface area (Å²) in [6, 6.07) is 0. The van der Waals surface area contributed by atoms with Gasteiger partial charge in [0.1, 0.15) is 0 Å².